The van der Waals surface area contributed by atoms with E-state index < -0.39 is 0 Å². The zero-order valence-electron chi connectivity index (χ0n) is 16.9. The smallest absolute Gasteiger partial charge is 0.257 e. The van der Waals surface area contributed by atoms with Crippen LogP contribution in [-0.2, 0) is 0 Å². The number of rotatable bonds is 3. The van der Waals surface area contributed by atoms with Crippen LogP contribution >= 0.6 is 20.6 Å². The summed E-state index contributed by atoms with van der Waals surface area (Å²) in [6.07, 6.45) is 5.52. The number of nitrogens with zero attached hydrogens (tertiary/aromatic N) is 5. The van der Waals surface area contributed by atoms with Crippen LogP contribution in [0.5, 0.6) is 5.88 Å². The van der Waals surface area contributed by atoms with Gasteiger partial charge in [-0.25, -0.2) is 4.98 Å². The van der Waals surface area contributed by atoms with Gasteiger partial charge in [0.25, 0.3) is 5.91 Å². The van der Waals surface area contributed by atoms with Crippen LogP contribution in [-0.4, -0.2) is 58.3 Å². The van der Waals surface area contributed by atoms with Crippen LogP contribution in [0.4, 0.5) is 5.69 Å². The molecule has 1 fully saturated rings. The molecule has 9 heteroatoms. The van der Waals surface area contributed by atoms with E-state index in [9.17, 15) is 9.90 Å². The molecule has 158 valence electrons. The summed E-state index contributed by atoms with van der Waals surface area (Å²) >= 11 is 1.29. The van der Waals surface area contributed by atoms with E-state index in [2.05, 4.69) is 47.3 Å². The van der Waals surface area contributed by atoms with Crippen molar-refractivity contribution in [2.45, 2.75) is 12.8 Å². The Kier molecular flexibility index (Phi) is 5.42. The van der Waals surface area contributed by atoms with Crippen molar-refractivity contribution in [3.05, 3.63) is 47.1 Å². The molecule has 0 aliphatic carbocycles. The molecule has 31 heavy (non-hydrogen) atoms. The second-order valence-corrected chi connectivity index (χ2v) is 9.10. The maximum Gasteiger partial charge on any atom is 0.257 e. The second kappa shape index (κ2) is 8.36. The second-order valence-electron chi connectivity index (χ2n) is 7.55. The van der Waals surface area contributed by atoms with Gasteiger partial charge < -0.3 is 14.9 Å². The highest BCUT2D eigenvalue weighted by atomic mass is 32.1. The van der Waals surface area contributed by atoms with E-state index in [0.29, 0.717) is 40.4 Å². The molecule has 1 unspecified atom stereocenters. The number of benzene rings is 1. The molecule has 0 saturated carbocycles. The number of piperazine rings is 1. The van der Waals surface area contributed by atoms with Crippen molar-refractivity contribution in [1.82, 2.24) is 14.9 Å². The Balaban J connectivity index is 1.38. The molecule has 1 amide bonds. The molecule has 2 aromatic heterocycles. The minimum Gasteiger partial charge on any atom is -0.492 e. The van der Waals surface area contributed by atoms with Crippen molar-refractivity contribution in [3.63, 3.8) is 0 Å². The molecular weight excluding hydrogens is 429 g/mol. The number of amides is 1. The van der Waals surface area contributed by atoms with E-state index >= 15 is 0 Å². The number of hydrogen-bond donors (Lipinski definition) is 1. The van der Waals surface area contributed by atoms with Gasteiger partial charge in [0.1, 0.15) is 15.9 Å². The molecule has 7 nitrogen and oxygen atoms in total. The summed E-state index contributed by atoms with van der Waals surface area (Å²) in [5.41, 5.74) is 2.82. The van der Waals surface area contributed by atoms with E-state index in [4.69, 9.17) is 0 Å². The molecule has 2 aliphatic rings. The van der Waals surface area contributed by atoms with Gasteiger partial charge in [-0.15, -0.1) is 20.6 Å². The van der Waals surface area contributed by atoms with Crippen LogP contribution in [0.25, 0.3) is 15.9 Å². The molecule has 0 radical (unpaired) electrons. The van der Waals surface area contributed by atoms with Crippen LogP contribution in [0.2, 0.25) is 0 Å². The summed E-state index contributed by atoms with van der Waals surface area (Å²) in [7, 11) is 2.72. The average Bonchev–Trinajstić information content (AvgIpc) is 3.24. The number of carbonyl (C=O) groups is 1. The van der Waals surface area contributed by atoms with Gasteiger partial charge >= 0.3 is 0 Å². The summed E-state index contributed by atoms with van der Waals surface area (Å²) in [6.45, 7) is 2.82. The lowest BCUT2D eigenvalue weighted by atomic mass is 10.2. The van der Waals surface area contributed by atoms with Gasteiger partial charge in [-0.05, 0) is 30.3 Å². The standard InChI is InChI=1S/C22H22N5O2PS/c28-21-19-18(24-20(25-21)17-6-1-2-7-23-17)16(13-31-19)22(29)27-10-8-26(9-11-27)14-4-3-5-15(30)12-14/h3-7,12-13H,1-2,8-11,30H2,(H,24,25,28). The monoisotopic (exact) mass is 451 g/mol. The van der Waals surface area contributed by atoms with Gasteiger partial charge in [-0.3, -0.25) is 9.79 Å². The van der Waals surface area contributed by atoms with Crippen LogP contribution in [0.3, 0.4) is 0 Å². The van der Waals surface area contributed by atoms with Gasteiger partial charge in [0.15, 0.2) is 5.82 Å². The summed E-state index contributed by atoms with van der Waals surface area (Å²) in [4.78, 5) is 30.6. The number of allylic oxidation sites excluding steroid dienone is 1. The van der Waals surface area contributed by atoms with Gasteiger partial charge in [0.05, 0.1) is 5.56 Å². The van der Waals surface area contributed by atoms with E-state index in [-0.39, 0.29) is 11.8 Å². The SMILES string of the molecule is O=C(c1csc2c(O)nc(C3=CCCC=N3)nc12)N1CCN(c2cccc(P)c2)CC1. The zero-order valence-corrected chi connectivity index (χ0v) is 18.8. The first-order valence-corrected chi connectivity index (χ1v) is 11.7. The predicted octanol–water partition coefficient (Wildman–Crippen LogP) is 3.07. The van der Waals surface area contributed by atoms with Crippen molar-refractivity contribution < 1.29 is 9.90 Å². The Morgan fingerprint density at radius 3 is 2.71 bits per heavy atom. The van der Waals surface area contributed by atoms with Crippen molar-refractivity contribution >= 4 is 59.6 Å². The Morgan fingerprint density at radius 1 is 1.13 bits per heavy atom. The van der Waals surface area contributed by atoms with Crippen LogP contribution in [0, 0.1) is 0 Å². The van der Waals surface area contributed by atoms with E-state index in [1.54, 1.807) is 5.38 Å². The summed E-state index contributed by atoms with van der Waals surface area (Å²) < 4.78 is 0.531. The molecule has 0 bridgehead atoms. The van der Waals surface area contributed by atoms with Crippen LogP contribution < -0.4 is 10.2 Å². The quantitative estimate of drug-likeness (QED) is 0.619. The molecule has 1 N–H and O–H groups in total. The number of hydrogen-bond acceptors (Lipinski definition) is 7. The average molecular weight is 451 g/mol. The molecule has 4 heterocycles. The maximum absolute atomic E-state index is 13.3. The number of carbonyl (C=O) groups excluding carboxylic acids is 1. The number of fused-ring (bicyclic) bond motifs is 1. The lowest BCUT2D eigenvalue weighted by Crippen LogP contribution is -2.48. The number of aromatic hydroxyl groups is 1. The van der Waals surface area contributed by atoms with Crippen molar-refractivity contribution in [2.24, 2.45) is 4.99 Å². The summed E-state index contributed by atoms with van der Waals surface area (Å²) in [5.74, 6) is 0.194. The van der Waals surface area contributed by atoms with Gasteiger partial charge in [-0.1, -0.05) is 18.2 Å². The minimum absolute atomic E-state index is 0.0594. The molecule has 2 aliphatic heterocycles. The Labute approximate surface area is 186 Å². The highest BCUT2D eigenvalue weighted by Crippen LogP contribution is 2.33. The third kappa shape index (κ3) is 3.93. The Bertz CT molecular complexity index is 1210. The third-order valence-corrected chi connectivity index (χ3v) is 6.85. The first-order chi connectivity index (χ1) is 15.1. The molecule has 5 rings (SSSR count). The molecule has 3 aromatic rings. The predicted molar refractivity (Wildman–Crippen MR) is 129 cm³/mol. The topological polar surface area (TPSA) is 81.9 Å². The fourth-order valence-electron chi connectivity index (χ4n) is 3.89. The highest BCUT2D eigenvalue weighted by Gasteiger charge is 2.26. The fourth-order valence-corrected chi connectivity index (χ4v) is 5.04. The molecular formula is C22H22N5O2PS. The minimum atomic E-state index is -0.104. The molecule has 0 spiro atoms. The van der Waals surface area contributed by atoms with Crippen molar-refractivity contribution in [3.8, 4) is 5.88 Å². The van der Waals surface area contributed by atoms with E-state index in [0.717, 1.165) is 31.2 Å². The lowest BCUT2D eigenvalue weighted by molar-refractivity contribution is 0.0749. The maximum atomic E-state index is 13.3. The lowest BCUT2D eigenvalue weighted by Gasteiger charge is -2.36. The van der Waals surface area contributed by atoms with E-state index in [1.165, 1.54) is 17.0 Å². The highest BCUT2D eigenvalue weighted by molar-refractivity contribution is 7.27. The number of anilines is 1. The zero-order chi connectivity index (χ0) is 21.4. The first kappa shape index (κ1) is 20.1. The molecule has 1 aromatic carbocycles. The Hall–Kier alpha value is -2.83. The van der Waals surface area contributed by atoms with Crippen molar-refractivity contribution in [2.75, 3.05) is 31.1 Å². The number of aliphatic imine (C=N–C) groups is 1. The van der Waals surface area contributed by atoms with Gasteiger partial charge in [0, 0.05) is 43.5 Å². The first-order valence-electron chi connectivity index (χ1n) is 10.2. The van der Waals surface area contributed by atoms with Crippen molar-refractivity contribution in [1.29, 1.82) is 0 Å². The van der Waals surface area contributed by atoms with Crippen LogP contribution in [0.15, 0.2) is 40.7 Å². The number of thiophene rings is 1. The van der Waals surface area contributed by atoms with Gasteiger partial charge in [0.2, 0.25) is 5.88 Å². The van der Waals surface area contributed by atoms with Crippen LogP contribution in [0.1, 0.15) is 29.0 Å². The molecule has 1 atom stereocenters. The normalized spacial score (nSPS) is 16.6. The number of aromatic nitrogens is 2. The Morgan fingerprint density at radius 2 is 1.97 bits per heavy atom. The van der Waals surface area contributed by atoms with E-state index in [1.807, 2.05) is 23.3 Å². The largest absolute Gasteiger partial charge is 0.492 e. The summed E-state index contributed by atoms with van der Waals surface area (Å²) in [6, 6.07) is 8.33. The summed E-state index contributed by atoms with van der Waals surface area (Å²) in [5, 5.41) is 13.3. The van der Waals surface area contributed by atoms with Gasteiger partial charge in [-0.2, -0.15) is 4.98 Å². The third-order valence-electron chi connectivity index (χ3n) is 5.52. The molecule has 1 saturated heterocycles. The fraction of sp³-hybridized carbons (Fsp3) is 0.273.